The molecule has 2 atom stereocenters. The number of nitrogens with two attached hydrogens (primary N) is 1. The van der Waals surface area contributed by atoms with Gasteiger partial charge in [-0.2, -0.15) is 0 Å². The van der Waals surface area contributed by atoms with Crippen molar-refractivity contribution in [2.75, 3.05) is 45.3 Å². The van der Waals surface area contributed by atoms with E-state index in [2.05, 4.69) is 24.5 Å². The highest BCUT2D eigenvalue weighted by atomic mass is 32.2. The lowest BCUT2D eigenvalue weighted by atomic mass is 10.1. The Labute approximate surface area is 205 Å². The molecule has 1 saturated heterocycles. The number of likely N-dealkylation sites (tertiary alicyclic amines) is 1. The molecule has 1 unspecified atom stereocenters. The Hall–Kier alpha value is -2.02. The van der Waals surface area contributed by atoms with Crippen molar-refractivity contribution in [2.45, 2.75) is 57.9 Å². The maximum Gasteiger partial charge on any atom is 0.243 e. The Morgan fingerprint density at radius 3 is 2.32 bits per heavy atom. The Kier molecular flexibility index (Phi) is 13.9. The highest BCUT2D eigenvalue weighted by molar-refractivity contribution is 8.00. The van der Waals surface area contributed by atoms with Gasteiger partial charge in [0.2, 0.25) is 23.6 Å². The van der Waals surface area contributed by atoms with Gasteiger partial charge < -0.3 is 25.8 Å². The summed E-state index contributed by atoms with van der Waals surface area (Å²) in [6, 6.07) is -0.597. The fourth-order valence-electron chi connectivity index (χ4n) is 2.87. The van der Waals surface area contributed by atoms with E-state index in [1.165, 1.54) is 0 Å². The first kappa shape index (κ1) is 30.0. The zero-order chi connectivity index (χ0) is 25.7. The number of thioether (sulfide) groups is 1. The second-order valence-electron chi connectivity index (χ2n) is 8.57. The van der Waals surface area contributed by atoms with Crippen molar-refractivity contribution in [3.05, 3.63) is 0 Å². The fraction of sp³-hybridized carbons (Fsp3) is 0.773. The van der Waals surface area contributed by atoms with Crippen molar-refractivity contribution in [1.82, 2.24) is 15.5 Å². The average Bonchev–Trinajstić information content (AvgIpc) is 3.02. The van der Waals surface area contributed by atoms with Crippen LogP contribution in [0.25, 0.3) is 0 Å². The number of amides is 4. The molecule has 4 amide bonds. The van der Waals surface area contributed by atoms with Crippen LogP contribution < -0.4 is 16.4 Å². The van der Waals surface area contributed by atoms with E-state index in [1.807, 2.05) is 0 Å². The number of nitrogens with one attached hydrogen (secondary N) is 2. The summed E-state index contributed by atoms with van der Waals surface area (Å²) in [5.74, 6) is -2.49. The van der Waals surface area contributed by atoms with Crippen LogP contribution in [0.5, 0.6) is 0 Å². The first-order valence-electron chi connectivity index (χ1n) is 11.5. The van der Waals surface area contributed by atoms with Crippen LogP contribution in [-0.2, 0) is 33.4 Å². The number of ketones is 1. The molecule has 0 aromatic rings. The number of primary amides is 1. The van der Waals surface area contributed by atoms with Crippen LogP contribution in [0.2, 0.25) is 0 Å². The lowest BCUT2D eigenvalue weighted by Crippen LogP contribution is -2.46. The Bertz CT molecular complexity index is 717. The fourth-order valence-corrected chi connectivity index (χ4v) is 4.07. The van der Waals surface area contributed by atoms with Gasteiger partial charge in [0.15, 0.2) is 5.78 Å². The monoisotopic (exact) mass is 502 g/mol. The van der Waals surface area contributed by atoms with E-state index in [0.717, 1.165) is 23.2 Å². The third-order valence-corrected chi connectivity index (χ3v) is 6.24. The van der Waals surface area contributed by atoms with Crippen LogP contribution in [0.3, 0.4) is 0 Å². The summed E-state index contributed by atoms with van der Waals surface area (Å²) in [6.07, 6.45) is -0.0208. The molecule has 1 fully saturated rings. The smallest absolute Gasteiger partial charge is 0.243 e. The molecule has 1 heterocycles. The molecule has 11 nitrogen and oxygen atoms in total. The maximum atomic E-state index is 12.5. The van der Waals surface area contributed by atoms with Gasteiger partial charge in [0, 0.05) is 37.1 Å². The minimum absolute atomic E-state index is 0.0370. The molecule has 1 aliphatic heterocycles. The molecule has 4 N–H and O–H groups in total. The van der Waals surface area contributed by atoms with Gasteiger partial charge in [0.05, 0.1) is 38.2 Å². The topological polar surface area (TPSA) is 157 Å². The molecule has 0 aromatic carbocycles. The first-order chi connectivity index (χ1) is 16.0. The quantitative estimate of drug-likeness (QED) is 0.165. The zero-order valence-corrected chi connectivity index (χ0v) is 21.3. The third kappa shape index (κ3) is 11.4. The minimum Gasteiger partial charge on any atom is -0.379 e. The second-order valence-corrected chi connectivity index (χ2v) is 9.81. The van der Waals surface area contributed by atoms with Crippen LogP contribution in [0.15, 0.2) is 0 Å². The highest BCUT2D eigenvalue weighted by Crippen LogP contribution is 2.26. The minimum atomic E-state index is -0.997. The summed E-state index contributed by atoms with van der Waals surface area (Å²) in [4.78, 5) is 61.4. The standard InChI is InChI=1S/C22H38N4O7S/c1-14(2)17(27)12-26-20(29)11-18(22(26)31)34-13-16(21(23)30)25-19(28)5-7-32-9-10-33-8-6-24-15(3)4/h14-16,18,24H,5-13H2,1-4H3,(H2,23,30)(H,25,28)/t16-,18?/m1/s1. The molecule has 1 aliphatic rings. The molecule has 0 saturated carbocycles. The van der Waals surface area contributed by atoms with Crippen molar-refractivity contribution < 1.29 is 33.4 Å². The SMILES string of the molecule is CC(C)NCCOCCOCCC(=O)N[C@H](CSC1CC(=O)N(CC(=O)C(C)C)C1=O)C(N)=O. The molecule has 0 aliphatic carbocycles. The van der Waals surface area contributed by atoms with Crippen LogP contribution in [0.1, 0.15) is 40.5 Å². The van der Waals surface area contributed by atoms with Gasteiger partial charge in [-0.25, -0.2) is 0 Å². The Balaban J connectivity index is 2.32. The van der Waals surface area contributed by atoms with Crippen molar-refractivity contribution in [3.63, 3.8) is 0 Å². The van der Waals surface area contributed by atoms with E-state index in [-0.39, 0.29) is 43.4 Å². The molecule has 1 rings (SSSR count). The van der Waals surface area contributed by atoms with Gasteiger partial charge in [-0.1, -0.05) is 27.7 Å². The zero-order valence-electron chi connectivity index (χ0n) is 20.5. The van der Waals surface area contributed by atoms with E-state index in [9.17, 15) is 24.0 Å². The number of Topliss-reactive ketones (excluding diaryl/α,β-unsaturated/α-hetero) is 1. The van der Waals surface area contributed by atoms with E-state index >= 15 is 0 Å². The van der Waals surface area contributed by atoms with Crippen LogP contribution in [-0.4, -0.2) is 96.9 Å². The van der Waals surface area contributed by atoms with Gasteiger partial charge >= 0.3 is 0 Å². The maximum absolute atomic E-state index is 12.5. The molecule has 34 heavy (non-hydrogen) atoms. The Morgan fingerprint density at radius 1 is 1.09 bits per heavy atom. The summed E-state index contributed by atoms with van der Waals surface area (Å²) >= 11 is 1.06. The van der Waals surface area contributed by atoms with Crippen LogP contribution in [0, 0.1) is 5.92 Å². The van der Waals surface area contributed by atoms with Gasteiger partial charge in [0.1, 0.15) is 6.04 Å². The summed E-state index contributed by atoms with van der Waals surface area (Å²) in [5, 5.41) is 5.05. The largest absolute Gasteiger partial charge is 0.379 e. The predicted molar refractivity (Wildman–Crippen MR) is 128 cm³/mol. The number of carbonyl (C=O) groups excluding carboxylic acids is 5. The summed E-state index contributed by atoms with van der Waals surface area (Å²) in [6.45, 7) is 9.49. The third-order valence-electron chi connectivity index (χ3n) is 4.95. The number of ether oxygens (including phenoxy) is 2. The highest BCUT2D eigenvalue weighted by Gasteiger charge is 2.40. The first-order valence-corrected chi connectivity index (χ1v) is 12.5. The van der Waals surface area contributed by atoms with Crippen molar-refractivity contribution in [1.29, 1.82) is 0 Å². The van der Waals surface area contributed by atoms with Gasteiger partial charge in [-0.15, -0.1) is 11.8 Å². The van der Waals surface area contributed by atoms with Gasteiger partial charge in [0.25, 0.3) is 0 Å². The van der Waals surface area contributed by atoms with E-state index in [0.29, 0.717) is 25.9 Å². The number of hydrogen-bond acceptors (Lipinski definition) is 9. The van der Waals surface area contributed by atoms with E-state index < -0.39 is 34.9 Å². The Morgan fingerprint density at radius 2 is 1.74 bits per heavy atom. The number of hydrogen-bond donors (Lipinski definition) is 3. The van der Waals surface area contributed by atoms with Crippen molar-refractivity contribution >= 4 is 41.2 Å². The predicted octanol–water partition coefficient (Wildman–Crippen LogP) is -0.536. The van der Waals surface area contributed by atoms with Crippen molar-refractivity contribution in [2.24, 2.45) is 11.7 Å². The number of imide groups is 1. The summed E-state index contributed by atoms with van der Waals surface area (Å²) < 4.78 is 10.8. The van der Waals surface area contributed by atoms with Crippen LogP contribution in [0.4, 0.5) is 0 Å². The summed E-state index contributed by atoms with van der Waals surface area (Å²) in [7, 11) is 0. The number of rotatable bonds is 18. The summed E-state index contributed by atoms with van der Waals surface area (Å²) in [5.41, 5.74) is 5.38. The molecular weight excluding hydrogens is 464 g/mol. The molecule has 194 valence electrons. The lowest BCUT2D eigenvalue weighted by Gasteiger charge is -2.18. The molecule has 12 heteroatoms. The number of carbonyl (C=O) groups is 5. The normalized spacial score (nSPS) is 17.0. The molecule has 0 bridgehead atoms. The molecular formula is C22H38N4O7S. The second kappa shape index (κ2) is 15.8. The van der Waals surface area contributed by atoms with E-state index in [1.54, 1.807) is 13.8 Å². The van der Waals surface area contributed by atoms with Gasteiger partial charge in [-0.3, -0.25) is 28.9 Å². The number of nitrogens with zero attached hydrogens (tertiary/aromatic N) is 1. The molecule has 0 aromatic heterocycles. The lowest BCUT2D eigenvalue weighted by molar-refractivity contribution is -0.142. The van der Waals surface area contributed by atoms with Crippen molar-refractivity contribution in [3.8, 4) is 0 Å². The van der Waals surface area contributed by atoms with Gasteiger partial charge in [-0.05, 0) is 0 Å². The molecule has 0 spiro atoms. The molecule has 0 radical (unpaired) electrons. The average molecular weight is 503 g/mol. The van der Waals surface area contributed by atoms with Crippen LogP contribution >= 0.6 is 11.8 Å². The van der Waals surface area contributed by atoms with E-state index in [4.69, 9.17) is 15.2 Å².